The normalized spacial score (nSPS) is 10.5. The number of rotatable bonds is 5. The molecule has 27 heavy (non-hydrogen) atoms. The maximum Gasteiger partial charge on any atom is 0.228 e. The highest BCUT2D eigenvalue weighted by Gasteiger charge is 2.16. The van der Waals surface area contributed by atoms with Crippen LogP contribution in [0.15, 0.2) is 66.7 Å². The van der Waals surface area contributed by atoms with Gasteiger partial charge in [0.2, 0.25) is 5.91 Å². The van der Waals surface area contributed by atoms with Gasteiger partial charge in [0.15, 0.2) is 5.78 Å². The number of aryl methyl sites for hydroxylation is 2. The standard InChI is InChI=1S/C23H20ClNO2/c1-15-8-9-17(12-16(15)2)13-22(26)25-21-11-10-19(24)14-20(21)23(27)18-6-4-3-5-7-18/h3-12,14H,13H2,1-2H3,(H,25,26). The lowest BCUT2D eigenvalue weighted by atomic mass is 10.0. The number of carbonyl (C=O) groups is 2. The summed E-state index contributed by atoms with van der Waals surface area (Å²) < 4.78 is 0. The first-order valence-corrected chi connectivity index (χ1v) is 9.07. The van der Waals surface area contributed by atoms with E-state index in [1.54, 1.807) is 42.5 Å². The lowest BCUT2D eigenvalue weighted by Crippen LogP contribution is -2.17. The SMILES string of the molecule is Cc1ccc(CC(=O)Nc2ccc(Cl)cc2C(=O)c2ccccc2)cc1C. The molecule has 0 fully saturated rings. The van der Waals surface area contributed by atoms with E-state index in [4.69, 9.17) is 11.6 Å². The number of carbonyl (C=O) groups excluding carboxylic acids is 2. The molecule has 0 spiro atoms. The van der Waals surface area contributed by atoms with Gasteiger partial charge in [-0.1, -0.05) is 60.1 Å². The van der Waals surface area contributed by atoms with Crippen molar-refractivity contribution in [1.82, 2.24) is 0 Å². The first-order chi connectivity index (χ1) is 12.9. The van der Waals surface area contributed by atoms with Crippen molar-refractivity contribution in [2.24, 2.45) is 0 Å². The smallest absolute Gasteiger partial charge is 0.228 e. The third-order valence-electron chi connectivity index (χ3n) is 4.47. The summed E-state index contributed by atoms with van der Waals surface area (Å²) >= 11 is 6.08. The van der Waals surface area contributed by atoms with E-state index in [-0.39, 0.29) is 18.1 Å². The monoisotopic (exact) mass is 377 g/mol. The van der Waals surface area contributed by atoms with Crippen LogP contribution >= 0.6 is 11.6 Å². The number of benzene rings is 3. The Morgan fingerprint density at radius 1 is 0.889 bits per heavy atom. The lowest BCUT2D eigenvalue weighted by Gasteiger charge is -2.12. The highest BCUT2D eigenvalue weighted by molar-refractivity contribution is 6.31. The van der Waals surface area contributed by atoms with Crippen molar-refractivity contribution in [2.75, 3.05) is 5.32 Å². The minimum Gasteiger partial charge on any atom is -0.325 e. The van der Waals surface area contributed by atoms with E-state index < -0.39 is 0 Å². The molecule has 1 amide bonds. The Labute approximate surface area is 164 Å². The maximum absolute atomic E-state index is 12.8. The molecular weight excluding hydrogens is 358 g/mol. The first-order valence-electron chi connectivity index (χ1n) is 8.69. The molecule has 0 atom stereocenters. The van der Waals surface area contributed by atoms with Gasteiger partial charge in [-0.05, 0) is 48.7 Å². The second kappa shape index (κ2) is 8.19. The number of halogens is 1. The van der Waals surface area contributed by atoms with Crippen molar-refractivity contribution >= 4 is 29.0 Å². The number of nitrogens with one attached hydrogen (secondary N) is 1. The molecule has 3 aromatic carbocycles. The summed E-state index contributed by atoms with van der Waals surface area (Å²) in [6, 6.07) is 19.8. The molecule has 0 saturated carbocycles. The van der Waals surface area contributed by atoms with Crippen LogP contribution < -0.4 is 5.32 Å². The third kappa shape index (κ3) is 4.63. The van der Waals surface area contributed by atoms with Crippen molar-refractivity contribution in [2.45, 2.75) is 20.3 Å². The van der Waals surface area contributed by atoms with E-state index in [0.29, 0.717) is 21.8 Å². The Morgan fingerprint density at radius 2 is 1.63 bits per heavy atom. The molecule has 3 nitrogen and oxygen atoms in total. The number of hydrogen-bond acceptors (Lipinski definition) is 2. The minimum atomic E-state index is -0.181. The van der Waals surface area contributed by atoms with Gasteiger partial charge in [-0.3, -0.25) is 9.59 Å². The van der Waals surface area contributed by atoms with Crippen molar-refractivity contribution in [1.29, 1.82) is 0 Å². The predicted octanol–water partition coefficient (Wildman–Crippen LogP) is 5.37. The first kappa shape index (κ1) is 18.9. The Bertz CT molecular complexity index is 997. The second-order valence-corrected chi connectivity index (χ2v) is 6.97. The van der Waals surface area contributed by atoms with Crippen LogP contribution in [0.25, 0.3) is 0 Å². The highest BCUT2D eigenvalue weighted by Crippen LogP contribution is 2.24. The van der Waals surface area contributed by atoms with Gasteiger partial charge in [0.05, 0.1) is 12.1 Å². The van der Waals surface area contributed by atoms with E-state index in [9.17, 15) is 9.59 Å². The summed E-state index contributed by atoms with van der Waals surface area (Å²) in [5, 5.41) is 3.30. The molecule has 0 aliphatic heterocycles. The molecule has 0 aliphatic rings. The van der Waals surface area contributed by atoms with Gasteiger partial charge in [0.25, 0.3) is 0 Å². The molecule has 0 bridgehead atoms. The van der Waals surface area contributed by atoms with E-state index in [1.807, 2.05) is 38.1 Å². The fourth-order valence-corrected chi connectivity index (χ4v) is 3.02. The molecule has 136 valence electrons. The molecule has 3 aromatic rings. The Balaban J connectivity index is 1.83. The second-order valence-electron chi connectivity index (χ2n) is 6.53. The summed E-state index contributed by atoms with van der Waals surface area (Å²) in [6.07, 6.45) is 0.239. The van der Waals surface area contributed by atoms with Gasteiger partial charge in [0, 0.05) is 16.1 Å². The molecule has 0 aliphatic carbocycles. The number of amides is 1. The fraction of sp³-hybridized carbons (Fsp3) is 0.130. The number of hydrogen-bond donors (Lipinski definition) is 1. The fourth-order valence-electron chi connectivity index (χ4n) is 2.85. The van der Waals surface area contributed by atoms with Crippen molar-refractivity contribution in [3.05, 3.63) is 99.6 Å². The van der Waals surface area contributed by atoms with Crippen LogP contribution in [-0.4, -0.2) is 11.7 Å². The van der Waals surface area contributed by atoms with Gasteiger partial charge in [-0.2, -0.15) is 0 Å². The molecule has 0 radical (unpaired) electrons. The summed E-state index contributed by atoms with van der Waals surface area (Å²) in [6.45, 7) is 4.06. The van der Waals surface area contributed by atoms with Crippen LogP contribution in [0.1, 0.15) is 32.6 Å². The van der Waals surface area contributed by atoms with Crippen LogP contribution in [0, 0.1) is 13.8 Å². The number of anilines is 1. The molecule has 0 heterocycles. The van der Waals surface area contributed by atoms with Crippen molar-refractivity contribution in [3.63, 3.8) is 0 Å². The van der Waals surface area contributed by atoms with Crippen LogP contribution in [-0.2, 0) is 11.2 Å². The maximum atomic E-state index is 12.8. The topological polar surface area (TPSA) is 46.2 Å². The zero-order valence-corrected chi connectivity index (χ0v) is 16.0. The summed E-state index contributed by atoms with van der Waals surface area (Å²) in [5.74, 6) is -0.359. The largest absolute Gasteiger partial charge is 0.325 e. The van der Waals surface area contributed by atoms with Gasteiger partial charge >= 0.3 is 0 Å². The zero-order chi connectivity index (χ0) is 19.4. The van der Waals surface area contributed by atoms with E-state index in [1.165, 1.54) is 5.56 Å². The molecule has 0 saturated heterocycles. The van der Waals surface area contributed by atoms with Crippen LogP contribution in [0.2, 0.25) is 5.02 Å². The van der Waals surface area contributed by atoms with Crippen LogP contribution in [0.4, 0.5) is 5.69 Å². The number of ketones is 1. The molecule has 1 N–H and O–H groups in total. The van der Waals surface area contributed by atoms with Crippen LogP contribution in [0.5, 0.6) is 0 Å². The molecule has 0 aromatic heterocycles. The predicted molar refractivity (Wildman–Crippen MR) is 110 cm³/mol. The molecule has 4 heteroatoms. The van der Waals surface area contributed by atoms with E-state index in [2.05, 4.69) is 5.32 Å². The minimum absolute atomic E-state index is 0.178. The van der Waals surface area contributed by atoms with E-state index >= 15 is 0 Å². The summed E-state index contributed by atoms with van der Waals surface area (Å²) in [4.78, 5) is 25.4. The van der Waals surface area contributed by atoms with Gasteiger partial charge in [-0.25, -0.2) is 0 Å². The average molecular weight is 378 g/mol. The van der Waals surface area contributed by atoms with Gasteiger partial charge < -0.3 is 5.32 Å². The van der Waals surface area contributed by atoms with Crippen molar-refractivity contribution < 1.29 is 9.59 Å². The molecular formula is C23H20ClNO2. The van der Waals surface area contributed by atoms with Gasteiger partial charge in [-0.15, -0.1) is 0 Å². The lowest BCUT2D eigenvalue weighted by molar-refractivity contribution is -0.115. The highest BCUT2D eigenvalue weighted by atomic mass is 35.5. The Morgan fingerprint density at radius 3 is 2.33 bits per heavy atom. The van der Waals surface area contributed by atoms with Crippen molar-refractivity contribution in [3.8, 4) is 0 Å². The average Bonchev–Trinajstić information content (AvgIpc) is 2.66. The Hall–Kier alpha value is -2.91. The Kier molecular flexibility index (Phi) is 5.72. The third-order valence-corrected chi connectivity index (χ3v) is 4.71. The summed E-state index contributed by atoms with van der Waals surface area (Å²) in [5.41, 5.74) is 4.65. The van der Waals surface area contributed by atoms with E-state index in [0.717, 1.165) is 11.1 Å². The molecule has 0 unspecified atom stereocenters. The summed E-state index contributed by atoms with van der Waals surface area (Å²) in [7, 11) is 0. The molecule has 3 rings (SSSR count). The van der Waals surface area contributed by atoms with Crippen LogP contribution in [0.3, 0.4) is 0 Å². The van der Waals surface area contributed by atoms with Gasteiger partial charge in [0.1, 0.15) is 0 Å². The quantitative estimate of drug-likeness (QED) is 0.607. The zero-order valence-electron chi connectivity index (χ0n) is 15.3.